The topological polar surface area (TPSA) is 32.8 Å². The largest absolute Gasteiger partial charge is 0.493 e. The Kier molecular flexibility index (Phi) is 5.65. The molecule has 1 unspecified atom stereocenters. The highest BCUT2D eigenvalue weighted by Gasteiger charge is 2.34. The van der Waals surface area contributed by atoms with E-state index in [0.717, 1.165) is 55.2 Å². The van der Waals surface area contributed by atoms with Crippen LogP contribution in [0.4, 0.5) is 0 Å². The molecule has 33 heavy (non-hydrogen) atoms. The molecule has 3 aliphatic carbocycles. The Bertz CT molecular complexity index is 1000. The number of carbonyl (C=O) groups excluding carboxylic acids is 1. The molecule has 1 atom stereocenters. The second-order valence-corrected chi connectivity index (χ2v) is 11.0. The van der Waals surface area contributed by atoms with E-state index in [9.17, 15) is 4.79 Å². The first-order valence-electron chi connectivity index (χ1n) is 13.0. The van der Waals surface area contributed by atoms with Gasteiger partial charge in [0.2, 0.25) is 0 Å². The summed E-state index contributed by atoms with van der Waals surface area (Å²) in [6.45, 7) is 3.17. The van der Waals surface area contributed by atoms with Gasteiger partial charge in [-0.15, -0.1) is 0 Å². The minimum Gasteiger partial charge on any atom is -0.493 e. The van der Waals surface area contributed by atoms with Gasteiger partial charge in [-0.2, -0.15) is 0 Å². The number of hydrogen-bond acceptors (Lipinski definition) is 3. The number of carbonyl (C=O) groups is 1. The molecule has 2 bridgehead atoms. The van der Waals surface area contributed by atoms with Crippen LogP contribution in [0, 0.1) is 11.8 Å². The molecule has 174 valence electrons. The van der Waals surface area contributed by atoms with E-state index in [2.05, 4.69) is 23.1 Å². The highest BCUT2D eigenvalue weighted by molar-refractivity contribution is 5.94. The number of nitrogens with zero attached hydrogens (tertiary/aromatic N) is 2. The van der Waals surface area contributed by atoms with E-state index in [-0.39, 0.29) is 11.9 Å². The summed E-state index contributed by atoms with van der Waals surface area (Å²) < 4.78 is 5.82. The minimum atomic E-state index is 0.103. The van der Waals surface area contributed by atoms with E-state index < -0.39 is 0 Å². The third kappa shape index (κ3) is 4.55. The Morgan fingerprint density at radius 3 is 2.42 bits per heavy atom. The van der Waals surface area contributed by atoms with Gasteiger partial charge in [-0.1, -0.05) is 18.2 Å². The van der Waals surface area contributed by atoms with Crippen molar-refractivity contribution in [3.8, 4) is 5.75 Å². The smallest absolute Gasteiger partial charge is 0.253 e. The fourth-order valence-corrected chi connectivity index (χ4v) is 6.18. The first kappa shape index (κ1) is 21.2. The SMILES string of the molecule is CN(C(=O)c1ccc(OCC2CC2)cc1)C1Cc2ccc(CN3CC4CCC3CC4)cc2C1. The zero-order chi connectivity index (χ0) is 22.4. The number of amides is 1. The van der Waals surface area contributed by atoms with Gasteiger partial charge in [0.15, 0.2) is 0 Å². The predicted molar refractivity (Wildman–Crippen MR) is 131 cm³/mol. The average molecular weight is 445 g/mol. The highest BCUT2D eigenvalue weighted by atomic mass is 16.5. The monoisotopic (exact) mass is 444 g/mol. The van der Waals surface area contributed by atoms with E-state index in [1.807, 2.05) is 36.2 Å². The van der Waals surface area contributed by atoms with Crippen LogP contribution in [0.3, 0.4) is 0 Å². The lowest BCUT2D eigenvalue weighted by molar-refractivity contribution is 0.0426. The van der Waals surface area contributed by atoms with Gasteiger partial charge in [0, 0.05) is 37.8 Å². The summed E-state index contributed by atoms with van der Waals surface area (Å²) in [5.74, 6) is 2.62. The molecule has 2 aliphatic heterocycles. The van der Waals surface area contributed by atoms with Crippen molar-refractivity contribution < 1.29 is 9.53 Å². The summed E-state index contributed by atoms with van der Waals surface area (Å²) in [5.41, 5.74) is 5.03. The lowest BCUT2D eigenvalue weighted by atomic mass is 9.80. The Hall–Kier alpha value is -2.33. The van der Waals surface area contributed by atoms with Crippen LogP contribution in [0.25, 0.3) is 0 Å². The fraction of sp³-hybridized carbons (Fsp3) is 0.552. The molecule has 4 heteroatoms. The van der Waals surface area contributed by atoms with Crippen molar-refractivity contribution >= 4 is 5.91 Å². The number of fused-ring (bicyclic) bond motifs is 4. The molecular formula is C29H36N2O2. The molecule has 0 radical (unpaired) electrons. The van der Waals surface area contributed by atoms with Gasteiger partial charge in [0.1, 0.15) is 5.75 Å². The lowest BCUT2D eigenvalue weighted by Crippen LogP contribution is -2.47. The van der Waals surface area contributed by atoms with Crippen molar-refractivity contribution in [1.29, 1.82) is 0 Å². The Morgan fingerprint density at radius 2 is 1.73 bits per heavy atom. The summed E-state index contributed by atoms with van der Waals surface area (Å²) in [4.78, 5) is 17.8. The molecule has 7 rings (SSSR count). The van der Waals surface area contributed by atoms with Crippen LogP contribution in [-0.4, -0.2) is 48.0 Å². The average Bonchev–Trinajstić information content (AvgIpc) is 3.59. The number of hydrogen-bond donors (Lipinski definition) is 0. The maximum Gasteiger partial charge on any atom is 0.253 e. The van der Waals surface area contributed by atoms with Gasteiger partial charge >= 0.3 is 0 Å². The number of likely N-dealkylation sites (N-methyl/N-ethyl adjacent to an activating group) is 1. The Morgan fingerprint density at radius 1 is 0.970 bits per heavy atom. The standard InChI is InChI=1S/C29H36N2O2/c1-30(29(32)23-8-12-28(13-9-23)33-19-21-2-3-21)27-15-24-7-4-22(14-25(24)16-27)18-31-17-20-5-10-26(31)11-6-20/h4,7-9,12-14,20-21,26-27H,2-3,5-6,10-11,15-19H2,1H3. The summed E-state index contributed by atoms with van der Waals surface area (Å²) in [5, 5.41) is 0. The number of rotatable bonds is 7. The molecule has 0 aromatic heterocycles. The molecule has 2 saturated carbocycles. The second-order valence-electron chi connectivity index (χ2n) is 11.0. The van der Waals surface area contributed by atoms with Gasteiger partial charge < -0.3 is 9.64 Å². The molecule has 2 aromatic rings. The van der Waals surface area contributed by atoms with Crippen molar-refractivity contribution in [3.05, 3.63) is 64.7 Å². The van der Waals surface area contributed by atoms with E-state index in [0.29, 0.717) is 0 Å². The van der Waals surface area contributed by atoms with E-state index in [1.54, 1.807) is 0 Å². The molecule has 4 fully saturated rings. The zero-order valence-electron chi connectivity index (χ0n) is 19.8. The van der Waals surface area contributed by atoms with Gasteiger partial charge in [-0.3, -0.25) is 9.69 Å². The van der Waals surface area contributed by atoms with Crippen molar-refractivity contribution in [1.82, 2.24) is 9.80 Å². The third-order valence-electron chi connectivity index (χ3n) is 8.54. The number of ether oxygens (including phenoxy) is 1. The Balaban J connectivity index is 1.07. The van der Waals surface area contributed by atoms with Crippen LogP contribution in [0.2, 0.25) is 0 Å². The van der Waals surface area contributed by atoms with Gasteiger partial charge in [-0.25, -0.2) is 0 Å². The molecule has 0 N–H and O–H groups in total. The van der Waals surface area contributed by atoms with Gasteiger partial charge in [0.25, 0.3) is 5.91 Å². The predicted octanol–water partition coefficient (Wildman–Crippen LogP) is 5.09. The lowest BCUT2D eigenvalue weighted by Gasteiger charge is -2.45. The molecule has 2 heterocycles. The van der Waals surface area contributed by atoms with Crippen molar-refractivity contribution in [3.63, 3.8) is 0 Å². The van der Waals surface area contributed by atoms with E-state index in [4.69, 9.17) is 4.74 Å². The zero-order valence-corrected chi connectivity index (χ0v) is 19.8. The van der Waals surface area contributed by atoms with E-state index >= 15 is 0 Å². The summed E-state index contributed by atoms with van der Waals surface area (Å²) in [6.07, 6.45) is 10.1. The third-order valence-corrected chi connectivity index (χ3v) is 8.54. The molecule has 1 amide bonds. The number of piperidine rings is 2. The normalized spacial score (nSPS) is 26.3. The highest BCUT2D eigenvalue weighted by Crippen LogP contribution is 2.36. The molecule has 5 aliphatic rings. The molecule has 0 spiro atoms. The van der Waals surface area contributed by atoms with Gasteiger partial charge in [-0.05, 0) is 104 Å². The molecule has 4 nitrogen and oxygen atoms in total. The van der Waals surface area contributed by atoms with Crippen molar-refractivity contribution in [2.75, 3.05) is 20.2 Å². The summed E-state index contributed by atoms with van der Waals surface area (Å²) >= 11 is 0. The van der Waals surface area contributed by atoms with Crippen molar-refractivity contribution in [2.45, 2.75) is 70.0 Å². The number of benzene rings is 2. The fourth-order valence-electron chi connectivity index (χ4n) is 6.18. The van der Waals surface area contributed by atoms with Crippen LogP contribution >= 0.6 is 0 Å². The second kappa shape index (κ2) is 8.79. The summed E-state index contributed by atoms with van der Waals surface area (Å²) in [6, 6.07) is 15.8. The van der Waals surface area contributed by atoms with Crippen LogP contribution in [0.15, 0.2) is 42.5 Å². The van der Waals surface area contributed by atoms with Crippen LogP contribution in [-0.2, 0) is 19.4 Å². The molecule has 2 aromatic carbocycles. The maximum absolute atomic E-state index is 13.2. The van der Waals surface area contributed by atoms with Crippen LogP contribution in [0.5, 0.6) is 5.75 Å². The minimum absolute atomic E-state index is 0.103. The van der Waals surface area contributed by atoms with E-state index in [1.165, 1.54) is 61.8 Å². The molecular weight excluding hydrogens is 408 g/mol. The Labute approximate surface area is 197 Å². The summed E-state index contributed by atoms with van der Waals surface area (Å²) in [7, 11) is 1.96. The quantitative estimate of drug-likeness (QED) is 0.596. The van der Waals surface area contributed by atoms with Crippen LogP contribution < -0.4 is 4.74 Å². The maximum atomic E-state index is 13.2. The molecule has 2 saturated heterocycles. The van der Waals surface area contributed by atoms with Crippen LogP contribution in [0.1, 0.15) is 65.6 Å². The van der Waals surface area contributed by atoms with Crippen molar-refractivity contribution in [2.24, 2.45) is 11.8 Å². The first-order valence-corrected chi connectivity index (χ1v) is 13.0. The van der Waals surface area contributed by atoms with Gasteiger partial charge in [0.05, 0.1) is 6.61 Å². The first-order chi connectivity index (χ1) is 16.1.